The zero-order chi connectivity index (χ0) is 17.2. The van der Waals surface area contributed by atoms with Gasteiger partial charge in [0.1, 0.15) is 6.04 Å². The normalized spacial score (nSPS) is 24.0. The molecule has 1 aromatic carbocycles. The molecule has 0 aromatic heterocycles. The highest BCUT2D eigenvalue weighted by atomic mass is 19.1. The summed E-state index contributed by atoms with van der Waals surface area (Å²) in [5.74, 6) is -1.02. The Balaban J connectivity index is 1.78. The van der Waals surface area contributed by atoms with E-state index in [9.17, 15) is 14.3 Å². The number of hydrogen-bond acceptors (Lipinski definition) is 4. The monoisotopic (exact) mass is 337 g/mol. The van der Waals surface area contributed by atoms with Gasteiger partial charge in [-0.2, -0.15) is 0 Å². The molecule has 24 heavy (non-hydrogen) atoms. The molecule has 2 aliphatic heterocycles. The molecule has 0 saturated carbocycles. The number of benzene rings is 1. The summed E-state index contributed by atoms with van der Waals surface area (Å²) >= 11 is 0. The molecule has 1 spiro atoms. The van der Waals surface area contributed by atoms with Gasteiger partial charge in [0.2, 0.25) is 0 Å². The van der Waals surface area contributed by atoms with Crippen LogP contribution in [0.2, 0.25) is 0 Å². The van der Waals surface area contributed by atoms with Crippen LogP contribution in [0.25, 0.3) is 0 Å². The zero-order valence-electron chi connectivity index (χ0n) is 14.0. The van der Waals surface area contributed by atoms with Crippen molar-refractivity contribution in [3.63, 3.8) is 0 Å². The second-order valence-electron chi connectivity index (χ2n) is 6.88. The van der Waals surface area contributed by atoms with Crippen LogP contribution in [0.5, 0.6) is 5.75 Å². The van der Waals surface area contributed by atoms with E-state index in [2.05, 4.69) is 0 Å². The van der Waals surface area contributed by atoms with Gasteiger partial charge in [0, 0.05) is 26.3 Å². The first-order valence-corrected chi connectivity index (χ1v) is 8.40. The second-order valence-corrected chi connectivity index (χ2v) is 6.88. The van der Waals surface area contributed by atoms with Crippen molar-refractivity contribution in [2.24, 2.45) is 5.41 Å². The van der Waals surface area contributed by atoms with Crippen LogP contribution in [-0.2, 0) is 16.1 Å². The maximum Gasteiger partial charge on any atom is 0.320 e. The number of ether oxygens (including phenoxy) is 2. The van der Waals surface area contributed by atoms with E-state index in [1.165, 1.54) is 13.2 Å². The highest BCUT2D eigenvalue weighted by Gasteiger charge is 2.42. The smallest absolute Gasteiger partial charge is 0.320 e. The van der Waals surface area contributed by atoms with Gasteiger partial charge in [-0.1, -0.05) is 6.07 Å². The molecule has 1 unspecified atom stereocenters. The highest BCUT2D eigenvalue weighted by Crippen LogP contribution is 2.41. The van der Waals surface area contributed by atoms with Crippen LogP contribution in [0.4, 0.5) is 4.39 Å². The molecule has 132 valence electrons. The number of carbonyl (C=O) groups is 1. The van der Waals surface area contributed by atoms with Gasteiger partial charge < -0.3 is 14.6 Å². The topological polar surface area (TPSA) is 59.0 Å². The van der Waals surface area contributed by atoms with Crippen molar-refractivity contribution in [2.45, 2.75) is 38.3 Å². The molecule has 2 aliphatic rings. The molecule has 1 atom stereocenters. The van der Waals surface area contributed by atoms with Crippen LogP contribution >= 0.6 is 0 Å². The molecular formula is C18H24FNO4. The Kier molecular flexibility index (Phi) is 5.06. The lowest BCUT2D eigenvalue weighted by molar-refractivity contribution is -0.148. The standard InChI is InChI=1S/C18H24FNO4/c1-23-16-3-2-13(10-14(16)19)11-20-12-18(6-8-24-9-7-18)5-4-15(20)17(21)22/h2-3,10,15H,4-9,11-12H2,1H3,(H,21,22). The van der Waals surface area contributed by atoms with Crippen molar-refractivity contribution in [1.29, 1.82) is 0 Å². The Labute approximate surface area is 141 Å². The van der Waals surface area contributed by atoms with Crippen molar-refractivity contribution >= 4 is 5.97 Å². The molecule has 0 bridgehead atoms. The predicted molar refractivity (Wildman–Crippen MR) is 86.5 cm³/mol. The van der Waals surface area contributed by atoms with Gasteiger partial charge in [0.25, 0.3) is 0 Å². The molecule has 6 heteroatoms. The maximum atomic E-state index is 13.9. The Hall–Kier alpha value is -1.66. The third-order valence-corrected chi connectivity index (χ3v) is 5.37. The highest BCUT2D eigenvalue weighted by molar-refractivity contribution is 5.73. The van der Waals surface area contributed by atoms with Crippen LogP contribution in [0, 0.1) is 11.2 Å². The summed E-state index contributed by atoms with van der Waals surface area (Å²) in [6.07, 6.45) is 3.48. The summed E-state index contributed by atoms with van der Waals surface area (Å²) in [7, 11) is 1.43. The van der Waals surface area contributed by atoms with E-state index in [0.717, 1.165) is 44.6 Å². The molecule has 0 radical (unpaired) electrons. The number of piperidine rings is 1. The van der Waals surface area contributed by atoms with Gasteiger partial charge in [-0.3, -0.25) is 9.69 Å². The fourth-order valence-corrected chi connectivity index (χ4v) is 3.95. The van der Waals surface area contributed by atoms with Gasteiger partial charge in [-0.15, -0.1) is 0 Å². The molecule has 2 saturated heterocycles. The van der Waals surface area contributed by atoms with Gasteiger partial charge in [-0.05, 0) is 48.8 Å². The Morgan fingerprint density at radius 2 is 2.17 bits per heavy atom. The van der Waals surface area contributed by atoms with E-state index in [1.54, 1.807) is 12.1 Å². The lowest BCUT2D eigenvalue weighted by Gasteiger charge is -2.47. The minimum absolute atomic E-state index is 0.134. The van der Waals surface area contributed by atoms with E-state index in [0.29, 0.717) is 13.0 Å². The van der Waals surface area contributed by atoms with Gasteiger partial charge in [-0.25, -0.2) is 4.39 Å². The molecule has 2 heterocycles. The number of halogens is 1. The van der Waals surface area contributed by atoms with Crippen molar-refractivity contribution in [3.8, 4) is 5.75 Å². The zero-order valence-corrected chi connectivity index (χ0v) is 14.0. The average molecular weight is 337 g/mol. The Morgan fingerprint density at radius 1 is 1.42 bits per heavy atom. The minimum Gasteiger partial charge on any atom is -0.494 e. The number of carboxylic acid groups (broad SMARTS) is 1. The number of nitrogens with zero attached hydrogens (tertiary/aromatic N) is 1. The quantitative estimate of drug-likeness (QED) is 0.915. The average Bonchev–Trinajstić information content (AvgIpc) is 2.55. The molecular weight excluding hydrogens is 313 g/mol. The summed E-state index contributed by atoms with van der Waals surface area (Å²) in [5.41, 5.74) is 0.901. The molecule has 1 aromatic rings. The first-order chi connectivity index (χ1) is 11.5. The van der Waals surface area contributed by atoms with Crippen molar-refractivity contribution < 1.29 is 23.8 Å². The summed E-state index contributed by atoms with van der Waals surface area (Å²) < 4.78 is 24.3. The fraction of sp³-hybridized carbons (Fsp3) is 0.611. The molecule has 0 aliphatic carbocycles. The first-order valence-electron chi connectivity index (χ1n) is 8.40. The fourth-order valence-electron chi connectivity index (χ4n) is 3.95. The van der Waals surface area contributed by atoms with Crippen molar-refractivity contribution in [2.75, 3.05) is 26.9 Å². The van der Waals surface area contributed by atoms with Crippen LogP contribution < -0.4 is 4.74 Å². The van der Waals surface area contributed by atoms with Crippen LogP contribution in [0.15, 0.2) is 18.2 Å². The number of likely N-dealkylation sites (tertiary alicyclic amines) is 1. The van der Waals surface area contributed by atoms with E-state index in [4.69, 9.17) is 9.47 Å². The molecule has 3 rings (SSSR count). The summed E-state index contributed by atoms with van der Waals surface area (Å²) in [6, 6.07) is 4.31. The summed E-state index contributed by atoms with van der Waals surface area (Å²) in [4.78, 5) is 13.6. The number of carboxylic acids is 1. The number of aliphatic carboxylic acids is 1. The van der Waals surface area contributed by atoms with E-state index >= 15 is 0 Å². The number of methoxy groups -OCH3 is 1. The summed E-state index contributed by atoms with van der Waals surface area (Å²) in [6.45, 7) is 2.63. The number of hydrogen-bond donors (Lipinski definition) is 1. The molecule has 0 amide bonds. The molecule has 5 nitrogen and oxygen atoms in total. The largest absolute Gasteiger partial charge is 0.494 e. The minimum atomic E-state index is -0.800. The predicted octanol–water partition coefficient (Wildman–Crippen LogP) is 2.68. The van der Waals surface area contributed by atoms with Crippen LogP contribution in [0.1, 0.15) is 31.2 Å². The van der Waals surface area contributed by atoms with Gasteiger partial charge in [0.15, 0.2) is 11.6 Å². The first kappa shape index (κ1) is 17.2. The Bertz CT molecular complexity index is 601. The van der Waals surface area contributed by atoms with Crippen LogP contribution in [-0.4, -0.2) is 48.9 Å². The lowest BCUT2D eigenvalue weighted by Crippen LogP contribution is -2.53. The third-order valence-electron chi connectivity index (χ3n) is 5.37. The molecule has 1 N–H and O–H groups in total. The molecule has 2 fully saturated rings. The van der Waals surface area contributed by atoms with Gasteiger partial charge >= 0.3 is 5.97 Å². The van der Waals surface area contributed by atoms with Crippen LogP contribution in [0.3, 0.4) is 0 Å². The van der Waals surface area contributed by atoms with Crippen molar-refractivity contribution in [3.05, 3.63) is 29.6 Å². The second kappa shape index (κ2) is 7.07. The van der Waals surface area contributed by atoms with Gasteiger partial charge in [0.05, 0.1) is 7.11 Å². The lowest BCUT2D eigenvalue weighted by atomic mass is 9.72. The third kappa shape index (κ3) is 3.54. The van der Waals surface area contributed by atoms with E-state index in [1.807, 2.05) is 4.90 Å². The van der Waals surface area contributed by atoms with E-state index < -0.39 is 17.8 Å². The Morgan fingerprint density at radius 3 is 2.79 bits per heavy atom. The van der Waals surface area contributed by atoms with Crippen molar-refractivity contribution in [1.82, 2.24) is 4.90 Å². The maximum absolute atomic E-state index is 13.9. The number of rotatable bonds is 4. The SMILES string of the molecule is COc1ccc(CN2CC3(CCOCC3)CCC2C(=O)O)cc1F. The summed E-state index contributed by atoms with van der Waals surface area (Å²) in [5, 5.41) is 9.55. The van der Waals surface area contributed by atoms with E-state index in [-0.39, 0.29) is 11.2 Å².